The third kappa shape index (κ3) is 3.94. The lowest BCUT2D eigenvalue weighted by atomic mass is 9.85. The van der Waals surface area contributed by atoms with Crippen molar-refractivity contribution in [1.29, 1.82) is 0 Å². The van der Waals surface area contributed by atoms with Crippen LogP contribution in [-0.4, -0.2) is 62.8 Å². The van der Waals surface area contributed by atoms with E-state index in [9.17, 15) is 9.90 Å². The van der Waals surface area contributed by atoms with Crippen LogP contribution < -0.4 is 5.73 Å². The number of aromatic amines is 1. The summed E-state index contributed by atoms with van der Waals surface area (Å²) in [6, 6.07) is 14.0. The zero-order valence-electron chi connectivity index (χ0n) is 22.3. The van der Waals surface area contributed by atoms with Crippen LogP contribution >= 0.6 is 0 Å². The van der Waals surface area contributed by atoms with Gasteiger partial charge in [0, 0.05) is 46.5 Å². The summed E-state index contributed by atoms with van der Waals surface area (Å²) in [5.41, 5.74) is 13.6. The summed E-state index contributed by atoms with van der Waals surface area (Å²) in [5, 5.41) is 21.6. The van der Waals surface area contributed by atoms with Crippen LogP contribution in [0.4, 0.5) is 5.82 Å². The zero-order valence-corrected chi connectivity index (χ0v) is 22.3. The molecule has 2 bridgehead atoms. The first kappa shape index (κ1) is 24.0. The van der Waals surface area contributed by atoms with Gasteiger partial charge in [-0.2, -0.15) is 9.61 Å². The number of nitrogen functional groups attached to an aromatic ring is 1. The van der Waals surface area contributed by atoms with E-state index < -0.39 is 0 Å². The van der Waals surface area contributed by atoms with Gasteiger partial charge in [0.05, 0.1) is 17.6 Å². The zero-order chi connectivity index (χ0) is 27.7. The van der Waals surface area contributed by atoms with Crippen molar-refractivity contribution in [2.24, 2.45) is 0 Å². The lowest BCUT2D eigenvalue weighted by molar-refractivity contribution is 0.0556. The molecular weight excluding hydrogens is 518 g/mol. The van der Waals surface area contributed by atoms with Crippen LogP contribution in [0.15, 0.2) is 54.9 Å². The largest absolute Gasteiger partial charge is 0.479 e. The number of aromatic nitrogens is 7. The maximum absolute atomic E-state index is 13.2. The second-order valence-corrected chi connectivity index (χ2v) is 11.4. The Labute approximate surface area is 235 Å². The summed E-state index contributed by atoms with van der Waals surface area (Å²) in [4.78, 5) is 27.8. The Morgan fingerprint density at radius 3 is 2.37 bits per heavy atom. The molecule has 8 rings (SSSR count). The summed E-state index contributed by atoms with van der Waals surface area (Å²) in [6.45, 7) is 0. The number of carbonyl (C=O) groups is 1. The minimum atomic E-state index is -0.348. The molecule has 1 aromatic carbocycles. The topological polar surface area (TPSA) is 151 Å². The number of anilines is 1. The molecule has 11 heteroatoms. The fourth-order valence-corrected chi connectivity index (χ4v) is 6.89. The minimum absolute atomic E-state index is 0.0731. The van der Waals surface area contributed by atoms with E-state index in [4.69, 9.17) is 15.7 Å². The van der Waals surface area contributed by atoms with Crippen LogP contribution in [0.3, 0.4) is 0 Å². The molecule has 0 radical (unpaired) electrons. The lowest BCUT2D eigenvalue weighted by Gasteiger charge is -2.39. The van der Waals surface area contributed by atoms with Gasteiger partial charge in [0.25, 0.3) is 5.91 Å². The average Bonchev–Trinajstić information content (AvgIpc) is 3.49. The van der Waals surface area contributed by atoms with Crippen LogP contribution in [0, 0.1) is 0 Å². The van der Waals surface area contributed by atoms with Crippen LogP contribution in [-0.2, 0) is 0 Å². The summed E-state index contributed by atoms with van der Waals surface area (Å²) >= 11 is 0. The van der Waals surface area contributed by atoms with Gasteiger partial charge >= 0.3 is 6.01 Å². The second-order valence-electron chi connectivity index (χ2n) is 11.4. The number of fused-ring (bicyclic) bond motifs is 3. The number of nitrogens with zero attached hydrogens (tertiary/aromatic N) is 7. The van der Waals surface area contributed by atoms with Gasteiger partial charge < -0.3 is 15.7 Å². The van der Waals surface area contributed by atoms with Gasteiger partial charge in [0.15, 0.2) is 5.65 Å². The van der Waals surface area contributed by atoms with Crippen molar-refractivity contribution in [3.63, 3.8) is 0 Å². The molecule has 3 atom stereocenters. The molecule has 1 saturated carbocycles. The van der Waals surface area contributed by atoms with Crippen molar-refractivity contribution in [2.75, 3.05) is 5.73 Å². The van der Waals surface area contributed by atoms with Gasteiger partial charge in [-0.15, -0.1) is 5.10 Å². The van der Waals surface area contributed by atoms with Gasteiger partial charge in [-0.3, -0.25) is 14.8 Å². The van der Waals surface area contributed by atoms with E-state index in [1.807, 2.05) is 53.7 Å². The summed E-state index contributed by atoms with van der Waals surface area (Å²) in [6.07, 6.45) is 9.38. The first-order valence-electron chi connectivity index (χ1n) is 14.2. The molecule has 1 aliphatic carbocycles. The molecular formula is C30H29N9O2. The smallest absolute Gasteiger partial charge is 0.312 e. The number of piperidine rings is 1. The van der Waals surface area contributed by atoms with Gasteiger partial charge in [0.2, 0.25) is 5.82 Å². The van der Waals surface area contributed by atoms with E-state index in [0.717, 1.165) is 77.8 Å². The number of hydrogen-bond acceptors (Lipinski definition) is 8. The molecule has 4 N–H and O–H groups in total. The predicted octanol–water partition coefficient (Wildman–Crippen LogP) is 4.29. The number of H-pyrrole nitrogens is 1. The Balaban J connectivity index is 1.15. The highest BCUT2D eigenvalue weighted by atomic mass is 16.3. The number of nitrogens with two attached hydrogens (primary N) is 1. The number of nitrogens with one attached hydrogen (secondary N) is 1. The maximum atomic E-state index is 13.2. The molecule has 3 aliphatic rings. The number of benzene rings is 1. The van der Waals surface area contributed by atoms with Crippen molar-refractivity contribution in [3.8, 4) is 28.4 Å². The van der Waals surface area contributed by atoms with E-state index in [-0.39, 0.29) is 35.7 Å². The molecule has 1 amide bonds. The number of hydrogen-bond donors (Lipinski definition) is 3. The third-order valence-corrected chi connectivity index (χ3v) is 8.91. The molecule has 3 fully saturated rings. The fraction of sp³-hybridized carbons (Fsp3) is 0.333. The average molecular weight is 548 g/mol. The molecule has 4 aromatic heterocycles. The first-order valence-corrected chi connectivity index (χ1v) is 14.2. The summed E-state index contributed by atoms with van der Waals surface area (Å²) in [5.74, 6) is 1.12. The summed E-state index contributed by atoms with van der Waals surface area (Å²) < 4.78 is 1.78. The van der Waals surface area contributed by atoms with Crippen LogP contribution in [0.25, 0.3) is 28.0 Å². The minimum Gasteiger partial charge on any atom is -0.479 e. The van der Waals surface area contributed by atoms with Gasteiger partial charge in [-0.1, -0.05) is 41.5 Å². The molecule has 0 spiro atoms. The quantitative estimate of drug-likeness (QED) is 0.295. The molecule has 6 heterocycles. The van der Waals surface area contributed by atoms with Gasteiger partial charge in [-0.25, -0.2) is 4.98 Å². The normalized spacial score (nSPS) is 22.0. The monoisotopic (exact) mass is 547 g/mol. The van der Waals surface area contributed by atoms with Crippen molar-refractivity contribution >= 4 is 17.4 Å². The van der Waals surface area contributed by atoms with E-state index >= 15 is 0 Å². The highest BCUT2D eigenvalue weighted by molar-refractivity contribution is 5.91. The number of pyridine rings is 1. The van der Waals surface area contributed by atoms with Crippen molar-refractivity contribution in [1.82, 2.24) is 39.7 Å². The highest BCUT2D eigenvalue weighted by Gasteiger charge is 2.46. The van der Waals surface area contributed by atoms with Crippen LogP contribution in [0.1, 0.15) is 72.2 Å². The summed E-state index contributed by atoms with van der Waals surface area (Å²) in [7, 11) is 0. The number of aromatic hydroxyl groups is 1. The van der Waals surface area contributed by atoms with E-state index in [2.05, 4.69) is 26.3 Å². The molecule has 11 nitrogen and oxygen atoms in total. The highest BCUT2D eigenvalue weighted by Crippen LogP contribution is 2.50. The number of amides is 1. The van der Waals surface area contributed by atoms with E-state index in [1.165, 1.54) is 0 Å². The van der Waals surface area contributed by atoms with Crippen LogP contribution in [0.2, 0.25) is 0 Å². The Hall–Kier alpha value is -4.80. The molecule has 5 aromatic rings. The van der Waals surface area contributed by atoms with Crippen molar-refractivity contribution in [2.45, 2.75) is 62.4 Å². The lowest BCUT2D eigenvalue weighted by Crippen LogP contribution is -2.46. The predicted molar refractivity (Wildman–Crippen MR) is 151 cm³/mol. The van der Waals surface area contributed by atoms with Gasteiger partial charge in [-0.05, 0) is 50.5 Å². The third-order valence-electron chi connectivity index (χ3n) is 8.91. The molecule has 41 heavy (non-hydrogen) atoms. The van der Waals surface area contributed by atoms with Crippen molar-refractivity contribution < 1.29 is 9.90 Å². The Morgan fingerprint density at radius 2 is 1.71 bits per heavy atom. The van der Waals surface area contributed by atoms with E-state index in [1.54, 1.807) is 4.52 Å². The molecule has 0 unspecified atom stereocenters. The molecule has 206 valence electrons. The van der Waals surface area contributed by atoms with Crippen LogP contribution in [0.5, 0.6) is 6.01 Å². The standard InChI is InChI=1S/C30H29N9O2/c31-26-24(17-6-7-17)25(19-12-20-9-10-21(13-19)38(20)29(40)27-35-30(41)37-36-27)34-28-22(15-33-39(26)28)18-8-11-23(32-14-18)16-4-2-1-3-5-16/h1-5,8,11,14-15,17,19-21H,6-7,9-10,12-13,31H2,(H2,35,36,37,41)/t19-,20+,21-. The second kappa shape index (κ2) is 9.12. The Morgan fingerprint density at radius 1 is 0.927 bits per heavy atom. The molecule has 2 saturated heterocycles. The molecule has 2 aliphatic heterocycles. The van der Waals surface area contributed by atoms with Gasteiger partial charge in [0.1, 0.15) is 5.82 Å². The fourth-order valence-electron chi connectivity index (χ4n) is 6.89. The van der Waals surface area contributed by atoms with E-state index in [0.29, 0.717) is 11.7 Å². The Kier molecular flexibility index (Phi) is 5.34. The maximum Gasteiger partial charge on any atom is 0.312 e. The SMILES string of the molecule is Nc1c(C2CC2)c([C@H]2C[C@H]3CC[C@@H](C2)N3C(=O)c2nnc(O)[nH]2)nc2c(-c3ccc(-c4ccccc4)nc3)cnn12. The first-order chi connectivity index (χ1) is 20.0. The Bertz CT molecular complexity index is 1760. The number of carbonyl (C=O) groups excluding carboxylic acids is 1. The number of rotatable bonds is 5. The van der Waals surface area contributed by atoms with Crippen molar-refractivity contribution in [3.05, 3.63) is 71.9 Å².